The summed E-state index contributed by atoms with van der Waals surface area (Å²) in [4.78, 5) is 6.91. The summed E-state index contributed by atoms with van der Waals surface area (Å²) in [5.74, 6) is 0. The number of aromatic nitrogens is 1. The van der Waals surface area contributed by atoms with Crippen molar-refractivity contribution in [2.24, 2.45) is 0 Å². The third-order valence-electron chi connectivity index (χ3n) is 4.84. The van der Waals surface area contributed by atoms with Gasteiger partial charge < -0.3 is 4.90 Å². The summed E-state index contributed by atoms with van der Waals surface area (Å²) in [5.41, 5.74) is 4.98. The molecule has 3 rings (SSSR count). The van der Waals surface area contributed by atoms with E-state index in [0.29, 0.717) is 17.9 Å². The molecule has 0 saturated heterocycles. The van der Waals surface area contributed by atoms with Gasteiger partial charge in [-0.05, 0) is 67.9 Å². The van der Waals surface area contributed by atoms with Gasteiger partial charge in [-0.2, -0.15) is 0 Å². The van der Waals surface area contributed by atoms with Gasteiger partial charge in [-0.3, -0.25) is 14.4 Å². The van der Waals surface area contributed by atoms with Crippen LogP contribution in [0, 0.1) is 6.92 Å². The van der Waals surface area contributed by atoms with Gasteiger partial charge in [-0.1, -0.05) is 12.1 Å². The molecule has 2 N–H and O–H groups in total. The van der Waals surface area contributed by atoms with Crippen LogP contribution in [0.1, 0.15) is 16.8 Å². The number of sulfonamides is 2. The molecule has 32 heavy (non-hydrogen) atoms. The molecule has 8 nitrogen and oxygen atoms in total. The molecule has 172 valence electrons. The number of pyridine rings is 1. The summed E-state index contributed by atoms with van der Waals surface area (Å²) < 4.78 is 50.5. The Labute approximate surface area is 189 Å². The van der Waals surface area contributed by atoms with Gasteiger partial charge in [-0.15, -0.1) is 0 Å². The van der Waals surface area contributed by atoms with E-state index < -0.39 is 20.0 Å². The zero-order valence-electron chi connectivity index (χ0n) is 18.6. The first-order valence-corrected chi connectivity index (χ1v) is 13.8. The predicted octanol–water partition coefficient (Wildman–Crippen LogP) is 2.96. The largest absolute Gasteiger partial charge is 0.300 e. The average molecular weight is 477 g/mol. The molecular weight excluding hydrogens is 448 g/mol. The van der Waals surface area contributed by atoms with Crippen LogP contribution in [0.25, 0.3) is 10.9 Å². The first-order valence-electron chi connectivity index (χ1n) is 10.0. The lowest BCUT2D eigenvalue weighted by Crippen LogP contribution is -2.21. The van der Waals surface area contributed by atoms with E-state index in [1.807, 2.05) is 38.2 Å². The van der Waals surface area contributed by atoms with E-state index in [2.05, 4.69) is 14.3 Å². The zero-order chi connectivity index (χ0) is 23.5. The Hall–Kier alpha value is -2.69. The second kappa shape index (κ2) is 9.43. The van der Waals surface area contributed by atoms with E-state index in [-0.39, 0.29) is 0 Å². The summed E-state index contributed by atoms with van der Waals surface area (Å²) >= 11 is 0. The summed E-state index contributed by atoms with van der Waals surface area (Å²) in [7, 11) is -4.58. The number of hydrogen-bond acceptors (Lipinski definition) is 6. The van der Waals surface area contributed by atoms with Gasteiger partial charge in [0.2, 0.25) is 20.0 Å². The van der Waals surface area contributed by atoms with Crippen LogP contribution in [-0.4, -0.2) is 52.8 Å². The molecule has 0 bridgehead atoms. The van der Waals surface area contributed by atoms with Crippen molar-refractivity contribution in [3.05, 3.63) is 65.4 Å². The molecule has 10 heteroatoms. The number of benzene rings is 2. The van der Waals surface area contributed by atoms with E-state index in [9.17, 15) is 16.8 Å². The highest BCUT2D eigenvalue weighted by Crippen LogP contribution is 2.23. The highest BCUT2D eigenvalue weighted by Gasteiger charge is 2.09. The van der Waals surface area contributed by atoms with E-state index >= 15 is 0 Å². The smallest absolute Gasteiger partial charge is 0.229 e. The Balaban J connectivity index is 1.63. The molecule has 2 aromatic carbocycles. The topological polar surface area (TPSA) is 108 Å². The number of fused-ring (bicyclic) bond motifs is 1. The number of anilines is 2. The summed E-state index contributed by atoms with van der Waals surface area (Å²) in [6.45, 7) is 3.48. The van der Waals surface area contributed by atoms with Crippen molar-refractivity contribution in [1.29, 1.82) is 0 Å². The highest BCUT2D eigenvalue weighted by atomic mass is 32.2. The van der Waals surface area contributed by atoms with Crippen molar-refractivity contribution < 1.29 is 16.8 Å². The van der Waals surface area contributed by atoms with Gasteiger partial charge in [0.05, 0.1) is 23.7 Å². The number of aryl methyl sites for hydroxylation is 1. The van der Waals surface area contributed by atoms with Crippen LogP contribution in [-0.2, 0) is 33.0 Å². The Morgan fingerprint density at radius 3 is 2.09 bits per heavy atom. The van der Waals surface area contributed by atoms with Crippen LogP contribution < -0.4 is 9.44 Å². The number of likely N-dealkylation sites (N-methyl/N-ethyl adjacent to an activating group) is 1. The van der Waals surface area contributed by atoms with Crippen molar-refractivity contribution >= 4 is 42.3 Å². The molecule has 0 atom stereocenters. The Kier molecular flexibility index (Phi) is 7.06. The van der Waals surface area contributed by atoms with Crippen LogP contribution >= 0.6 is 0 Å². The lowest BCUT2D eigenvalue weighted by Gasteiger charge is -2.17. The number of hydrogen-bond donors (Lipinski definition) is 2. The molecular formula is C22H28N4O4S2. The third kappa shape index (κ3) is 7.18. The first kappa shape index (κ1) is 24.0. The second-order valence-corrected chi connectivity index (χ2v) is 11.6. The molecule has 1 aromatic heterocycles. The number of nitrogens with zero attached hydrogens (tertiary/aromatic N) is 2. The third-order valence-corrected chi connectivity index (χ3v) is 6.06. The SMILES string of the molecule is Cc1cc(CN(C)CCc2ccc(NS(C)(=O)=O)cc2)nc2ccc(NS(C)(=O)=O)cc12. The maximum Gasteiger partial charge on any atom is 0.229 e. The number of nitrogens with one attached hydrogen (secondary N) is 2. The maximum absolute atomic E-state index is 11.5. The van der Waals surface area contributed by atoms with Crippen LogP contribution in [0.4, 0.5) is 11.4 Å². The molecule has 0 aliphatic heterocycles. The molecule has 0 aliphatic carbocycles. The monoisotopic (exact) mass is 476 g/mol. The van der Waals surface area contributed by atoms with Gasteiger partial charge in [0.15, 0.2) is 0 Å². The normalized spacial score (nSPS) is 12.3. The van der Waals surface area contributed by atoms with Crippen LogP contribution in [0.2, 0.25) is 0 Å². The van der Waals surface area contributed by atoms with Gasteiger partial charge in [0, 0.05) is 29.9 Å². The number of rotatable bonds is 9. The standard InChI is InChI=1S/C22H28N4O4S2/c1-16-13-20(23-22-10-9-19(14-21(16)22)25-32(4,29)30)15-26(2)12-11-17-5-7-18(8-6-17)24-31(3,27)28/h5-10,13-14,24-25H,11-12,15H2,1-4H3. The van der Waals surface area contributed by atoms with Crippen LogP contribution in [0.3, 0.4) is 0 Å². The van der Waals surface area contributed by atoms with E-state index in [1.165, 1.54) is 0 Å². The fraction of sp³-hybridized carbons (Fsp3) is 0.318. The molecule has 0 saturated carbocycles. The molecule has 0 unspecified atom stereocenters. The highest BCUT2D eigenvalue weighted by molar-refractivity contribution is 7.92. The lowest BCUT2D eigenvalue weighted by atomic mass is 10.1. The van der Waals surface area contributed by atoms with Crippen molar-refractivity contribution in [1.82, 2.24) is 9.88 Å². The molecule has 0 spiro atoms. The average Bonchev–Trinajstić information content (AvgIpc) is 2.65. The van der Waals surface area contributed by atoms with Gasteiger partial charge in [-0.25, -0.2) is 16.8 Å². The molecule has 0 radical (unpaired) electrons. The predicted molar refractivity (Wildman–Crippen MR) is 130 cm³/mol. The minimum atomic E-state index is -3.33. The molecule has 0 amide bonds. The quantitative estimate of drug-likeness (QED) is 0.492. The molecule has 0 fully saturated rings. The first-order chi connectivity index (χ1) is 14.9. The Morgan fingerprint density at radius 1 is 0.875 bits per heavy atom. The minimum Gasteiger partial charge on any atom is -0.300 e. The molecule has 3 aromatic rings. The van der Waals surface area contributed by atoms with Crippen molar-refractivity contribution in [2.75, 3.05) is 35.5 Å². The summed E-state index contributed by atoms with van der Waals surface area (Å²) in [6, 6.07) is 14.7. The van der Waals surface area contributed by atoms with Crippen LogP contribution in [0.15, 0.2) is 48.5 Å². The van der Waals surface area contributed by atoms with E-state index in [1.54, 1.807) is 24.3 Å². The van der Waals surface area contributed by atoms with Crippen molar-refractivity contribution in [2.45, 2.75) is 19.9 Å². The fourth-order valence-electron chi connectivity index (χ4n) is 3.45. The van der Waals surface area contributed by atoms with Crippen molar-refractivity contribution in [3.63, 3.8) is 0 Å². The lowest BCUT2D eigenvalue weighted by molar-refractivity contribution is 0.327. The van der Waals surface area contributed by atoms with Gasteiger partial charge in [0.1, 0.15) is 0 Å². The minimum absolute atomic E-state index is 0.521. The summed E-state index contributed by atoms with van der Waals surface area (Å²) in [5, 5.41) is 0.910. The molecule has 0 aliphatic rings. The van der Waals surface area contributed by atoms with Crippen molar-refractivity contribution in [3.8, 4) is 0 Å². The Morgan fingerprint density at radius 2 is 1.47 bits per heavy atom. The van der Waals surface area contributed by atoms with E-state index in [0.717, 1.165) is 53.2 Å². The fourth-order valence-corrected chi connectivity index (χ4v) is 4.57. The van der Waals surface area contributed by atoms with Gasteiger partial charge >= 0.3 is 0 Å². The zero-order valence-corrected chi connectivity index (χ0v) is 20.2. The second-order valence-electron chi connectivity index (χ2n) is 8.10. The summed E-state index contributed by atoms with van der Waals surface area (Å²) in [6.07, 6.45) is 3.08. The van der Waals surface area contributed by atoms with Crippen LogP contribution in [0.5, 0.6) is 0 Å². The Bertz CT molecular complexity index is 1320. The van der Waals surface area contributed by atoms with Gasteiger partial charge in [0.25, 0.3) is 0 Å². The maximum atomic E-state index is 11.5. The molecule has 1 heterocycles. The van der Waals surface area contributed by atoms with E-state index in [4.69, 9.17) is 4.98 Å².